The van der Waals surface area contributed by atoms with Crippen LogP contribution in [0.5, 0.6) is 0 Å². The highest BCUT2D eigenvalue weighted by molar-refractivity contribution is 5.88. The van der Waals surface area contributed by atoms with Gasteiger partial charge in [0.2, 0.25) is 0 Å². The quantitative estimate of drug-likeness (QED) is 0.613. The van der Waals surface area contributed by atoms with E-state index in [1.165, 1.54) is 29.4 Å². The number of pyridine rings is 1. The Kier molecular flexibility index (Phi) is 3.76. The third-order valence-electron chi connectivity index (χ3n) is 3.80. The van der Waals surface area contributed by atoms with Gasteiger partial charge in [0.15, 0.2) is 11.2 Å². The number of imidazole rings is 1. The number of hydrogen-bond donors (Lipinski definition) is 0. The van der Waals surface area contributed by atoms with Crippen molar-refractivity contribution in [3.63, 3.8) is 0 Å². The SMILES string of the molecule is Cn1c(=O)c2c(nc(COC(=O)c3cccnc3)n2C)n(C)c1=O. The zero-order chi connectivity index (χ0) is 17.4. The maximum Gasteiger partial charge on any atom is 0.340 e. The summed E-state index contributed by atoms with van der Waals surface area (Å²) in [5.74, 6) is -0.183. The van der Waals surface area contributed by atoms with Crippen molar-refractivity contribution in [3.8, 4) is 0 Å². The predicted octanol–water partition coefficient (Wildman–Crippen LogP) is -0.277. The molecule has 0 aliphatic carbocycles. The highest BCUT2D eigenvalue weighted by Gasteiger charge is 2.18. The highest BCUT2D eigenvalue weighted by atomic mass is 16.5. The molecule has 0 spiro atoms. The van der Waals surface area contributed by atoms with Crippen molar-refractivity contribution < 1.29 is 9.53 Å². The van der Waals surface area contributed by atoms with Crippen molar-refractivity contribution in [1.82, 2.24) is 23.7 Å². The van der Waals surface area contributed by atoms with Crippen LogP contribution in [-0.2, 0) is 32.5 Å². The molecule has 0 amide bonds. The van der Waals surface area contributed by atoms with Crippen LogP contribution in [0.25, 0.3) is 11.2 Å². The number of aromatic nitrogens is 5. The number of carbonyl (C=O) groups is 1. The molecule has 0 aromatic carbocycles. The van der Waals surface area contributed by atoms with Gasteiger partial charge in [0, 0.05) is 33.5 Å². The van der Waals surface area contributed by atoms with E-state index in [4.69, 9.17) is 4.74 Å². The van der Waals surface area contributed by atoms with Gasteiger partial charge in [-0.25, -0.2) is 14.6 Å². The van der Waals surface area contributed by atoms with Crippen molar-refractivity contribution in [1.29, 1.82) is 0 Å². The fourth-order valence-electron chi connectivity index (χ4n) is 2.39. The molecule has 3 aromatic rings. The molecule has 124 valence electrons. The number of ether oxygens (including phenoxy) is 1. The third-order valence-corrected chi connectivity index (χ3v) is 3.80. The molecule has 0 atom stereocenters. The van der Waals surface area contributed by atoms with Crippen LogP contribution < -0.4 is 11.2 Å². The maximum absolute atomic E-state index is 12.3. The maximum atomic E-state index is 12.3. The Bertz CT molecular complexity index is 1050. The van der Waals surface area contributed by atoms with Crippen LogP contribution in [0.4, 0.5) is 0 Å². The Hall–Kier alpha value is -3.23. The number of fused-ring (bicyclic) bond motifs is 1. The fourth-order valence-corrected chi connectivity index (χ4v) is 2.39. The molecule has 9 heteroatoms. The Morgan fingerprint density at radius 2 is 1.92 bits per heavy atom. The van der Waals surface area contributed by atoms with Crippen LogP contribution >= 0.6 is 0 Å². The van der Waals surface area contributed by atoms with E-state index in [2.05, 4.69) is 9.97 Å². The molecule has 0 N–H and O–H groups in total. The zero-order valence-corrected chi connectivity index (χ0v) is 13.4. The van der Waals surface area contributed by atoms with Crippen molar-refractivity contribution in [2.24, 2.45) is 21.1 Å². The highest BCUT2D eigenvalue weighted by Crippen LogP contribution is 2.11. The summed E-state index contributed by atoms with van der Waals surface area (Å²) in [6.45, 7) is -0.129. The summed E-state index contributed by atoms with van der Waals surface area (Å²) >= 11 is 0. The van der Waals surface area contributed by atoms with E-state index in [-0.39, 0.29) is 17.8 Å². The molecule has 0 radical (unpaired) electrons. The lowest BCUT2D eigenvalue weighted by Gasteiger charge is -2.05. The van der Waals surface area contributed by atoms with Gasteiger partial charge >= 0.3 is 11.7 Å². The van der Waals surface area contributed by atoms with Crippen molar-refractivity contribution in [2.45, 2.75) is 6.61 Å². The van der Waals surface area contributed by atoms with Gasteiger partial charge in [-0.05, 0) is 12.1 Å². The molecular weight excluding hydrogens is 314 g/mol. The molecule has 3 rings (SSSR count). The van der Waals surface area contributed by atoms with Crippen molar-refractivity contribution in [2.75, 3.05) is 0 Å². The second kappa shape index (κ2) is 5.76. The molecular formula is C15H15N5O4. The molecule has 0 saturated heterocycles. The normalized spacial score (nSPS) is 11.0. The van der Waals surface area contributed by atoms with E-state index < -0.39 is 17.2 Å². The summed E-state index contributed by atoms with van der Waals surface area (Å²) in [5.41, 5.74) is -0.0814. The number of carbonyl (C=O) groups excluding carboxylic acids is 1. The van der Waals surface area contributed by atoms with E-state index in [1.54, 1.807) is 25.4 Å². The van der Waals surface area contributed by atoms with E-state index in [9.17, 15) is 14.4 Å². The molecule has 24 heavy (non-hydrogen) atoms. The minimum atomic E-state index is -0.544. The topological polar surface area (TPSA) is 101 Å². The first-order valence-electron chi connectivity index (χ1n) is 7.10. The van der Waals surface area contributed by atoms with Gasteiger partial charge in [0.05, 0.1) is 5.56 Å². The summed E-state index contributed by atoms with van der Waals surface area (Å²) in [6, 6.07) is 3.22. The molecule has 3 aromatic heterocycles. The largest absolute Gasteiger partial charge is 0.454 e. The number of aryl methyl sites for hydroxylation is 2. The molecule has 0 bridgehead atoms. The molecule has 0 unspecified atom stereocenters. The van der Waals surface area contributed by atoms with E-state index >= 15 is 0 Å². The summed E-state index contributed by atoms with van der Waals surface area (Å²) in [5, 5.41) is 0. The lowest BCUT2D eigenvalue weighted by molar-refractivity contribution is 0.0459. The smallest absolute Gasteiger partial charge is 0.340 e. The molecule has 0 aliphatic rings. The fraction of sp³-hybridized carbons (Fsp3) is 0.267. The monoisotopic (exact) mass is 329 g/mol. The second-order valence-corrected chi connectivity index (χ2v) is 5.28. The Labute approximate surface area is 135 Å². The Morgan fingerprint density at radius 3 is 2.58 bits per heavy atom. The Balaban J connectivity index is 1.97. The summed E-state index contributed by atoms with van der Waals surface area (Å²) in [7, 11) is 4.57. The van der Waals surface area contributed by atoms with Crippen molar-refractivity contribution in [3.05, 3.63) is 56.8 Å². The third kappa shape index (κ3) is 2.39. The van der Waals surface area contributed by atoms with Crippen LogP contribution in [0.1, 0.15) is 16.2 Å². The standard InChI is InChI=1S/C15H15N5O4/c1-18-10(8-24-14(22)9-5-4-6-16-7-9)17-12-11(18)13(21)20(3)15(23)19(12)2/h4-7H,8H2,1-3H3. The van der Waals surface area contributed by atoms with Gasteiger partial charge in [0.1, 0.15) is 12.4 Å². The van der Waals surface area contributed by atoms with Gasteiger partial charge in [0.25, 0.3) is 5.56 Å². The average molecular weight is 329 g/mol. The lowest BCUT2D eigenvalue weighted by Crippen LogP contribution is -2.37. The van der Waals surface area contributed by atoms with Gasteiger partial charge in [-0.2, -0.15) is 0 Å². The van der Waals surface area contributed by atoms with Crippen LogP contribution in [0.15, 0.2) is 34.1 Å². The lowest BCUT2D eigenvalue weighted by atomic mass is 10.3. The second-order valence-electron chi connectivity index (χ2n) is 5.28. The van der Waals surface area contributed by atoms with Crippen molar-refractivity contribution >= 4 is 17.1 Å². The van der Waals surface area contributed by atoms with Gasteiger partial charge in [-0.3, -0.25) is 18.9 Å². The molecule has 0 aliphatic heterocycles. The zero-order valence-electron chi connectivity index (χ0n) is 13.4. The molecule has 0 fully saturated rings. The van der Waals surface area contributed by atoms with E-state index in [0.717, 1.165) is 4.57 Å². The minimum Gasteiger partial charge on any atom is -0.454 e. The number of nitrogens with zero attached hydrogens (tertiary/aromatic N) is 5. The Morgan fingerprint density at radius 1 is 1.17 bits per heavy atom. The predicted molar refractivity (Wildman–Crippen MR) is 84.6 cm³/mol. The minimum absolute atomic E-state index is 0.129. The molecule has 3 heterocycles. The van der Waals surface area contributed by atoms with Gasteiger partial charge in [-0.1, -0.05) is 0 Å². The first-order chi connectivity index (χ1) is 11.4. The van der Waals surface area contributed by atoms with Gasteiger partial charge < -0.3 is 9.30 Å². The van der Waals surface area contributed by atoms with Crippen LogP contribution in [0, 0.1) is 0 Å². The van der Waals surface area contributed by atoms with Gasteiger partial charge in [-0.15, -0.1) is 0 Å². The number of rotatable bonds is 3. The first kappa shape index (κ1) is 15.7. The summed E-state index contributed by atoms with van der Waals surface area (Å²) in [6.07, 6.45) is 2.95. The van der Waals surface area contributed by atoms with Crippen LogP contribution in [-0.4, -0.2) is 29.6 Å². The average Bonchev–Trinajstić information content (AvgIpc) is 2.93. The number of hydrogen-bond acceptors (Lipinski definition) is 6. The van der Waals surface area contributed by atoms with E-state index in [0.29, 0.717) is 11.4 Å². The van der Waals surface area contributed by atoms with Crippen LogP contribution in [0.2, 0.25) is 0 Å². The van der Waals surface area contributed by atoms with Crippen LogP contribution in [0.3, 0.4) is 0 Å². The molecule has 9 nitrogen and oxygen atoms in total. The summed E-state index contributed by atoms with van der Waals surface area (Å²) in [4.78, 5) is 44.3. The number of esters is 1. The summed E-state index contributed by atoms with van der Waals surface area (Å²) < 4.78 is 9.02. The molecule has 0 saturated carbocycles. The first-order valence-corrected chi connectivity index (χ1v) is 7.10. The van der Waals surface area contributed by atoms with E-state index in [1.807, 2.05) is 0 Å².